The fraction of sp³-hybridized carbons (Fsp3) is 0.278. The van der Waals surface area contributed by atoms with E-state index in [4.69, 9.17) is 4.74 Å². The van der Waals surface area contributed by atoms with Crippen LogP contribution < -0.4 is 4.74 Å². The summed E-state index contributed by atoms with van der Waals surface area (Å²) < 4.78 is 5.67. The van der Waals surface area contributed by atoms with Crippen LogP contribution in [0.5, 0.6) is 5.75 Å². The lowest BCUT2D eigenvalue weighted by Crippen LogP contribution is -2.29. The molecular formula is C18H20O3. The van der Waals surface area contributed by atoms with Crippen molar-refractivity contribution < 1.29 is 14.6 Å². The third kappa shape index (κ3) is 4.35. The van der Waals surface area contributed by atoms with Gasteiger partial charge in [0.2, 0.25) is 0 Å². The van der Waals surface area contributed by atoms with Crippen LogP contribution in [0.2, 0.25) is 0 Å². The van der Waals surface area contributed by atoms with Crippen LogP contribution in [0.15, 0.2) is 42.5 Å². The molecule has 0 bridgehead atoms. The van der Waals surface area contributed by atoms with Crippen molar-refractivity contribution in [2.75, 3.05) is 0 Å². The van der Waals surface area contributed by atoms with E-state index in [9.17, 15) is 9.90 Å². The van der Waals surface area contributed by atoms with Gasteiger partial charge in [-0.1, -0.05) is 35.9 Å². The predicted octanol–water partition coefficient (Wildman–Crippen LogP) is 3.69. The van der Waals surface area contributed by atoms with Crippen molar-refractivity contribution in [3.05, 3.63) is 64.7 Å². The lowest BCUT2D eigenvalue weighted by molar-refractivity contribution is -0.145. The number of hydrogen-bond donors (Lipinski definition) is 1. The topological polar surface area (TPSA) is 46.5 Å². The van der Waals surface area contributed by atoms with Crippen molar-refractivity contribution in [1.82, 2.24) is 0 Å². The molecule has 0 saturated carbocycles. The summed E-state index contributed by atoms with van der Waals surface area (Å²) in [7, 11) is 0. The molecule has 3 nitrogen and oxygen atoms in total. The SMILES string of the molecule is Cc1ccc(CC(Oc2cc(C)cc(C)c2)C(=O)O)cc1. The number of aryl methyl sites for hydroxylation is 3. The molecule has 2 aromatic rings. The van der Waals surface area contributed by atoms with Crippen LogP contribution in [0.1, 0.15) is 22.3 Å². The van der Waals surface area contributed by atoms with Crippen molar-refractivity contribution in [1.29, 1.82) is 0 Å². The molecule has 21 heavy (non-hydrogen) atoms. The van der Waals surface area contributed by atoms with Crippen molar-refractivity contribution in [2.45, 2.75) is 33.3 Å². The Balaban J connectivity index is 2.15. The zero-order valence-corrected chi connectivity index (χ0v) is 12.6. The zero-order valence-electron chi connectivity index (χ0n) is 12.6. The van der Waals surface area contributed by atoms with Gasteiger partial charge in [-0.15, -0.1) is 0 Å². The maximum absolute atomic E-state index is 11.4. The first-order valence-corrected chi connectivity index (χ1v) is 6.97. The lowest BCUT2D eigenvalue weighted by Gasteiger charge is -2.16. The smallest absolute Gasteiger partial charge is 0.345 e. The Morgan fingerprint density at radius 2 is 1.57 bits per heavy atom. The number of rotatable bonds is 5. The monoisotopic (exact) mass is 284 g/mol. The van der Waals surface area contributed by atoms with Gasteiger partial charge in [0, 0.05) is 6.42 Å². The van der Waals surface area contributed by atoms with Crippen LogP contribution >= 0.6 is 0 Å². The molecule has 2 aromatic carbocycles. The van der Waals surface area contributed by atoms with Crippen molar-refractivity contribution in [3.63, 3.8) is 0 Å². The minimum Gasteiger partial charge on any atom is -0.478 e. The Morgan fingerprint density at radius 1 is 1.00 bits per heavy atom. The number of carbonyl (C=O) groups is 1. The molecule has 1 N–H and O–H groups in total. The second-order valence-electron chi connectivity index (χ2n) is 5.46. The number of ether oxygens (including phenoxy) is 1. The molecule has 1 atom stereocenters. The Hall–Kier alpha value is -2.29. The molecule has 0 amide bonds. The average molecular weight is 284 g/mol. The molecule has 0 saturated heterocycles. The quantitative estimate of drug-likeness (QED) is 0.911. The van der Waals surface area contributed by atoms with Gasteiger partial charge in [-0.2, -0.15) is 0 Å². The van der Waals surface area contributed by atoms with Gasteiger partial charge in [-0.3, -0.25) is 0 Å². The van der Waals surface area contributed by atoms with Crippen LogP contribution in [-0.4, -0.2) is 17.2 Å². The second-order valence-corrected chi connectivity index (χ2v) is 5.46. The minimum atomic E-state index is -0.949. The lowest BCUT2D eigenvalue weighted by atomic mass is 10.1. The van der Waals surface area contributed by atoms with Crippen molar-refractivity contribution in [2.24, 2.45) is 0 Å². The summed E-state index contributed by atoms with van der Waals surface area (Å²) in [5.41, 5.74) is 4.23. The third-order valence-electron chi connectivity index (χ3n) is 3.29. The molecule has 0 fully saturated rings. The molecule has 0 aliphatic carbocycles. The van der Waals surface area contributed by atoms with E-state index in [1.165, 1.54) is 0 Å². The summed E-state index contributed by atoms with van der Waals surface area (Å²) in [6.07, 6.45) is -0.531. The summed E-state index contributed by atoms with van der Waals surface area (Å²) >= 11 is 0. The van der Waals surface area contributed by atoms with Gasteiger partial charge in [0.1, 0.15) is 5.75 Å². The van der Waals surface area contributed by atoms with E-state index in [1.54, 1.807) is 0 Å². The van der Waals surface area contributed by atoms with Gasteiger partial charge in [0.05, 0.1) is 0 Å². The number of carboxylic acids is 1. The second kappa shape index (κ2) is 6.44. The van der Waals surface area contributed by atoms with Crippen LogP contribution in [0, 0.1) is 20.8 Å². The first-order valence-electron chi connectivity index (χ1n) is 6.97. The maximum atomic E-state index is 11.4. The molecule has 0 aliphatic heterocycles. The highest BCUT2D eigenvalue weighted by Gasteiger charge is 2.20. The van der Waals surface area contributed by atoms with Crippen molar-refractivity contribution in [3.8, 4) is 5.75 Å². The molecular weight excluding hydrogens is 264 g/mol. The largest absolute Gasteiger partial charge is 0.478 e. The fourth-order valence-electron chi connectivity index (χ4n) is 2.28. The summed E-state index contributed by atoms with van der Waals surface area (Å²) in [6.45, 7) is 5.94. The summed E-state index contributed by atoms with van der Waals surface area (Å²) in [6, 6.07) is 13.6. The van der Waals surface area contributed by atoms with Gasteiger partial charge < -0.3 is 9.84 Å². The molecule has 0 heterocycles. The molecule has 3 heteroatoms. The number of carboxylic acid groups (broad SMARTS) is 1. The Labute approximate surface area is 125 Å². The maximum Gasteiger partial charge on any atom is 0.345 e. The number of benzene rings is 2. The standard InChI is InChI=1S/C18H20O3/c1-12-4-6-15(7-5-12)11-17(18(19)20)21-16-9-13(2)8-14(3)10-16/h4-10,17H,11H2,1-3H3,(H,19,20). The number of aliphatic carboxylic acids is 1. The van der Waals surface area contributed by atoms with Crippen LogP contribution in [-0.2, 0) is 11.2 Å². The molecule has 0 aromatic heterocycles. The normalized spacial score (nSPS) is 12.0. The van der Waals surface area contributed by atoms with Gasteiger partial charge in [-0.05, 0) is 49.6 Å². The molecule has 2 rings (SSSR count). The molecule has 0 spiro atoms. The Kier molecular flexibility index (Phi) is 4.63. The highest BCUT2D eigenvalue weighted by molar-refractivity contribution is 5.73. The summed E-state index contributed by atoms with van der Waals surface area (Å²) in [5.74, 6) is -0.346. The van der Waals surface area contributed by atoms with E-state index < -0.39 is 12.1 Å². The van der Waals surface area contributed by atoms with Crippen LogP contribution in [0.3, 0.4) is 0 Å². The van der Waals surface area contributed by atoms with E-state index in [2.05, 4.69) is 0 Å². The Morgan fingerprint density at radius 3 is 2.10 bits per heavy atom. The van der Waals surface area contributed by atoms with Gasteiger partial charge in [0.25, 0.3) is 0 Å². The zero-order chi connectivity index (χ0) is 15.4. The highest BCUT2D eigenvalue weighted by Crippen LogP contribution is 2.19. The highest BCUT2D eigenvalue weighted by atomic mass is 16.5. The van der Waals surface area contributed by atoms with Crippen LogP contribution in [0.25, 0.3) is 0 Å². The van der Waals surface area contributed by atoms with E-state index in [0.717, 1.165) is 22.3 Å². The average Bonchev–Trinajstić information content (AvgIpc) is 2.39. The first-order chi connectivity index (χ1) is 9.94. The molecule has 0 radical (unpaired) electrons. The van der Waals surface area contributed by atoms with Crippen molar-refractivity contribution >= 4 is 5.97 Å². The molecule has 110 valence electrons. The summed E-state index contributed by atoms with van der Waals surface area (Å²) in [4.78, 5) is 11.4. The molecule has 1 unspecified atom stereocenters. The first kappa shape index (κ1) is 15.1. The van der Waals surface area contributed by atoms with E-state index in [1.807, 2.05) is 63.2 Å². The van der Waals surface area contributed by atoms with Crippen LogP contribution in [0.4, 0.5) is 0 Å². The predicted molar refractivity (Wildman–Crippen MR) is 82.9 cm³/mol. The van der Waals surface area contributed by atoms with E-state index in [-0.39, 0.29) is 0 Å². The fourth-order valence-corrected chi connectivity index (χ4v) is 2.28. The van der Waals surface area contributed by atoms with Gasteiger partial charge in [-0.25, -0.2) is 4.79 Å². The summed E-state index contributed by atoms with van der Waals surface area (Å²) in [5, 5.41) is 9.36. The van der Waals surface area contributed by atoms with Gasteiger partial charge in [0.15, 0.2) is 6.10 Å². The molecule has 0 aliphatic rings. The van der Waals surface area contributed by atoms with Gasteiger partial charge >= 0.3 is 5.97 Å². The minimum absolute atomic E-state index is 0.350. The Bertz CT molecular complexity index is 609. The third-order valence-corrected chi connectivity index (χ3v) is 3.29. The van der Waals surface area contributed by atoms with E-state index >= 15 is 0 Å². The van der Waals surface area contributed by atoms with E-state index in [0.29, 0.717) is 12.2 Å². The number of hydrogen-bond acceptors (Lipinski definition) is 2.